The van der Waals surface area contributed by atoms with Gasteiger partial charge in [0, 0.05) is 15.7 Å². The third kappa shape index (κ3) is 3.48. The lowest BCUT2D eigenvalue weighted by Gasteiger charge is -2.29. The third-order valence-corrected chi connectivity index (χ3v) is 4.75. The minimum atomic E-state index is -1.15. The van der Waals surface area contributed by atoms with E-state index in [0.29, 0.717) is 17.7 Å². The number of aliphatic hydroxyl groups is 1. The summed E-state index contributed by atoms with van der Waals surface area (Å²) in [5.74, 6) is -0.428. The average molecular weight is 389 g/mol. The van der Waals surface area contributed by atoms with Crippen LogP contribution in [0.1, 0.15) is 24.5 Å². The van der Waals surface area contributed by atoms with Gasteiger partial charge in [0.25, 0.3) is 0 Å². The van der Waals surface area contributed by atoms with E-state index in [9.17, 15) is 9.90 Å². The first-order valence-corrected chi connectivity index (χ1v) is 8.69. The minimum Gasteiger partial charge on any atom is -0.380 e. The zero-order valence-corrected chi connectivity index (χ0v) is 14.6. The fourth-order valence-corrected chi connectivity index (χ4v) is 3.35. The Hall–Kier alpha value is -0.880. The number of hydrogen-bond donors (Lipinski definition) is 2. The summed E-state index contributed by atoms with van der Waals surface area (Å²) in [5, 5.41) is 17.7. The SMILES string of the molecule is CCC(O)(c1ccsc1)c1cc(Br)ccc1NC(=O)CCl. The van der Waals surface area contributed by atoms with Crippen molar-refractivity contribution in [2.24, 2.45) is 0 Å². The van der Waals surface area contributed by atoms with E-state index in [2.05, 4.69) is 21.2 Å². The summed E-state index contributed by atoms with van der Waals surface area (Å²) >= 11 is 10.5. The van der Waals surface area contributed by atoms with E-state index in [1.54, 1.807) is 6.07 Å². The highest BCUT2D eigenvalue weighted by Crippen LogP contribution is 2.39. The van der Waals surface area contributed by atoms with Gasteiger partial charge in [0.2, 0.25) is 5.91 Å². The third-order valence-electron chi connectivity index (χ3n) is 3.33. The molecule has 0 aliphatic carbocycles. The summed E-state index contributed by atoms with van der Waals surface area (Å²) < 4.78 is 0.837. The second-order valence-electron chi connectivity index (χ2n) is 4.60. The highest BCUT2D eigenvalue weighted by atomic mass is 79.9. The van der Waals surface area contributed by atoms with E-state index in [1.165, 1.54) is 11.3 Å². The van der Waals surface area contributed by atoms with Gasteiger partial charge in [0.05, 0.1) is 0 Å². The van der Waals surface area contributed by atoms with Crippen molar-refractivity contribution in [3.05, 3.63) is 50.6 Å². The number of thiophene rings is 1. The molecule has 1 heterocycles. The molecule has 1 atom stereocenters. The van der Waals surface area contributed by atoms with Crippen LogP contribution in [0.15, 0.2) is 39.5 Å². The number of benzene rings is 1. The normalized spacial score (nSPS) is 13.7. The molecule has 1 aromatic carbocycles. The molecule has 3 nitrogen and oxygen atoms in total. The van der Waals surface area contributed by atoms with Crippen molar-refractivity contribution in [3.63, 3.8) is 0 Å². The molecule has 0 fully saturated rings. The van der Waals surface area contributed by atoms with Gasteiger partial charge >= 0.3 is 0 Å². The Balaban J connectivity index is 2.54. The second kappa shape index (κ2) is 6.92. The van der Waals surface area contributed by atoms with Gasteiger partial charge in [-0.3, -0.25) is 4.79 Å². The number of amides is 1. The summed E-state index contributed by atoms with van der Waals surface area (Å²) in [7, 11) is 0. The molecular formula is C15H15BrClNO2S. The van der Waals surface area contributed by atoms with E-state index in [4.69, 9.17) is 11.6 Å². The molecule has 1 aromatic heterocycles. The van der Waals surface area contributed by atoms with Crippen LogP contribution in [-0.4, -0.2) is 16.9 Å². The van der Waals surface area contributed by atoms with Crippen molar-refractivity contribution in [1.82, 2.24) is 0 Å². The first-order valence-electron chi connectivity index (χ1n) is 6.42. The van der Waals surface area contributed by atoms with E-state index in [1.807, 2.05) is 35.9 Å². The lowest BCUT2D eigenvalue weighted by Crippen LogP contribution is -2.28. The number of halogens is 2. The molecule has 2 rings (SSSR count). The highest BCUT2D eigenvalue weighted by Gasteiger charge is 2.32. The molecule has 112 valence electrons. The number of alkyl halides is 1. The molecule has 21 heavy (non-hydrogen) atoms. The molecule has 0 spiro atoms. The van der Waals surface area contributed by atoms with Gasteiger partial charge in [-0.25, -0.2) is 0 Å². The smallest absolute Gasteiger partial charge is 0.239 e. The largest absolute Gasteiger partial charge is 0.380 e. The predicted molar refractivity (Wildman–Crippen MR) is 91.1 cm³/mol. The minimum absolute atomic E-state index is 0.126. The lowest BCUT2D eigenvalue weighted by molar-refractivity contribution is -0.113. The van der Waals surface area contributed by atoms with Gasteiger partial charge in [-0.05, 0) is 47.0 Å². The van der Waals surface area contributed by atoms with Crippen molar-refractivity contribution in [1.29, 1.82) is 0 Å². The number of hydrogen-bond acceptors (Lipinski definition) is 3. The number of carbonyl (C=O) groups is 1. The Morgan fingerprint density at radius 1 is 1.48 bits per heavy atom. The molecule has 2 aromatic rings. The Bertz CT molecular complexity index is 633. The lowest BCUT2D eigenvalue weighted by atomic mass is 9.84. The Kier molecular flexibility index (Phi) is 5.43. The summed E-state index contributed by atoms with van der Waals surface area (Å²) in [5.41, 5.74) is 0.878. The molecule has 0 saturated carbocycles. The van der Waals surface area contributed by atoms with Crippen molar-refractivity contribution in [3.8, 4) is 0 Å². The van der Waals surface area contributed by atoms with Gasteiger partial charge in [-0.2, -0.15) is 11.3 Å². The molecule has 0 bridgehead atoms. The van der Waals surface area contributed by atoms with E-state index >= 15 is 0 Å². The summed E-state index contributed by atoms with van der Waals surface area (Å²) in [6.45, 7) is 1.91. The van der Waals surface area contributed by atoms with Gasteiger partial charge in [-0.15, -0.1) is 11.6 Å². The molecule has 0 aliphatic heterocycles. The highest BCUT2D eigenvalue weighted by molar-refractivity contribution is 9.10. The molecule has 1 unspecified atom stereocenters. The van der Waals surface area contributed by atoms with Crippen molar-refractivity contribution in [2.75, 3.05) is 11.2 Å². The molecule has 6 heteroatoms. The maximum absolute atomic E-state index is 11.6. The second-order valence-corrected chi connectivity index (χ2v) is 6.56. The first kappa shape index (κ1) is 16.5. The summed E-state index contributed by atoms with van der Waals surface area (Å²) in [6.07, 6.45) is 0.490. The Labute approximate surface area is 141 Å². The predicted octanol–water partition coefficient (Wildman–Crippen LogP) is 4.33. The average Bonchev–Trinajstić information content (AvgIpc) is 3.03. The van der Waals surface area contributed by atoms with Crippen molar-refractivity contribution >= 4 is 50.5 Å². The van der Waals surface area contributed by atoms with Crippen LogP contribution in [0, 0.1) is 0 Å². The molecule has 0 radical (unpaired) electrons. The maximum Gasteiger partial charge on any atom is 0.239 e. The van der Waals surface area contributed by atoms with Crippen LogP contribution in [0.25, 0.3) is 0 Å². The number of carbonyl (C=O) groups excluding carboxylic acids is 1. The molecule has 1 amide bonds. The topological polar surface area (TPSA) is 49.3 Å². The van der Waals surface area contributed by atoms with Gasteiger partial charge in [0.15, 0.2) is 0 Å². The number of anilines is 1. The molecule has 0 aliphatic rings. The fourth-order valence-electron chi connectivity index (χ4n) is 2.20. The zero-order valence-electron chi connectivity index (χ0n) is 11.4. The van der Waals surface area contributed by atoms with Crippen LogP contribution in [0.2, 0.25) is 0 Å². The molecule has 0 saturated heterocycles. The number of nitrogens with one attached hydrogen (secondary N) is 1. The standard InChI is InChI=1S/C15H15BrClNO2S/c1-2-15(20,10-5-6-21-9-10)12-7-11(16)3-4-13(12)18-14(19)8-17/h3-7,9,20H,2,8H2,1H3,(H,18,19). The van der Waals surface area contributed by atoms with Crippen LogP contribution in [0.3, 0.4) is 0 Å². The van der Waals surface area contributed by atoms with Gasteiger partial charge in [0.1, 0.15) is 11.5 Å². The quantitative estimate of drug-likeness (QED) is 0.749. The summed E-state index contributed by atoms with van der Waals surface area (Å²) in [4.78, 5) is 11.6. The van der Waals surface area contributed by atoms with Crippen LogP contribution in [0.5, 0.6) is 0 Å². The van der Waals surface area contributed by atoms with Gasteiger partial charge < -0.3 is 10.4 Å². The van der Waals surface area contributed by atoms with Crippen LogP contribution in [-0.2, 0) is 10.4 Å². The van der Waals surface area contributed by atoms with Gasteiger partial charge in [-0.1, -0.05) is 22.9 Å². The Morgan fingerprint density at radius 2 is 2.24 bits per heavy atom. The van der Waals surface area contributed by atoms with Crippen molar-refractivity contribution in [2.45, 2.75) is 18.9 Å². The van der Waals surface area contributed by atoms with E-state index in [0.717, 1.165) is 10.0 Å². The number of rotatable bonds is 5. The van der Waals surface area contributed by atoms with E-state index < -0.39 is 5.60 Å². The van der Waals surface area contributed by atoms with E-state index in [-0.39, 0.29) is 11.8 Å². The molecule has 2 N–H and O–H groups in total. The first-order chi connectivity index (χ1) is 10.0. The van der Waals surface area contributed by atoms with Crippen molar-refractivity contribution < 1.29 is 9.90 Å². The van der Waals surface area contributed by atoms with Crippen LogP contribution >= 0.6 is 38.9 Å². The monoisotopic (exact) mass is 387 g/mol. The summed E-state index contributed by atoms with van der Waals surface area (Å²) in [6, 6.07) is 7.29. The van der Waals surface area contributed by atoms with Crippen LogP contribution in [0.4, 0.5) is 5.69 Å². The Morgan fingerprint density at radius 3 is 2.81 bits per heavy atom. The van der Waals surface area contributed by atoms with Crippen LogP contribution < -0.4 is 5.32 Å². The fraction of sp³-hybridized carbons (Fsp3) is 0.267. The molecular weight excluding hydrogens is 374 g/mol. The maximum atomic E-state index is 11.6. The zero-order chi connectivity index (χ0) is 15.5.